The minimum atomic E-state index is -0.282. The van der Waals surface area contributed by atoms with Gasteiger partial charge in [0.1, 0.15) is 5.82 Å². The predicted molar refractivity (Wildman–Crippen MR) is 59.6 cm³/mol. The van der Waals surface area contributed by atoms with Crippen molar-refractivity contribution in [3.63, 3.8) is 0 Å². The number of carbonyl (C=O) groups excluding carboxylic acids is 1. The van der Waals surface area contributed by atoms with Crippen LogP contribution in [0.5, 0.6) is 0 Å². The Morgan fingerprint density at radius 2 is 2.20 bits per heavy atom. The van der Waals surface area contributed by atoms with Gasteiger partial charge in [0, 0.05) is 19.2 Å². The van der Waals surface area contributed by atoms with Crippen LogP contribution in [0, 0.1) is 5.82 Å². The first-order valence-corrected chi connectivity index (χ1v) is 5.07. The van der Waals surface area contributed by atoms with Crippen LogP contribution < -0.4 is 4.90 Å². The zero-order valence-electron chi connectivity index (χ0n) is 9.33. The van der Waals surface area contributed by atoms with Crippen LogP contribution in [-0.2, 0) is 4.79 Å². The summed E-state index contributed by atoms with van der Waals surface area (Å²) in [7, 11) is 1.80. The van der Waals surface area contributed by atoms with Crippen molar-refractivity contribution >= 4 is 11.5 Å². The Morgan fingerprint density at radius 1 is 1.53 bits per heavy atom. The molecule has 82 valence electrons. The van der Waals surface area contributed by atoms with Gasteiger partial charge in [-0.15, -0.1) is 0 Å². The van der Waals surface area contributed by atoms with Crippen LogP contribution in [0.25, 0.3) is 0 Å². The Morgan fingerprint density at radius 3 is 2.73 bits per heavy atom. The van der Waals surface area contributed by atoms with E-state index in [1.54, 1.807) is 24.1 Å². The first-order chi connectivity index (χ1) is 7.06. The fourth-order valence-corrected chi connectivity index (χ4v) is 1.43. The third-order valence-corrected chi connectivity index (χ3v) is 2.61. The van der Waals surface area contributed by atoms with E-state index in [-0.39, 0.29) is 17.6 Å². The highest BCUT2D eigenvalue weighted by Gasteiger charge is 2.16. The average molecular weight is 209 g/mol. The summed E-state index contributed by atoms with van der Waals surface area (Å²) < 4.78 is 13.0. The summed E-state index contributed by atoms with van der Waals surface area (Å²) in [5.41, 5.74) is 0.726. The summed E-state index contributed by atoms with van der Waals surface area (Å²) in [4.78, 5) is 13.3. The number of hydrogen-bond donors (Lipinski definition) is 0. The van der Waals surface area contributed by atoms with E-state index in [1.165, 1.54) is 12.1 Å². The van der Waals surface area contributed by atoms with Crippen molar-refractivity contribution < 1.29 is 9.18 Å². The van der Waals surface area contributed by atoms with E-state index >= 15 is 0 Å². The van der Waals surface area contributed by atoms with Crippen molar-refractivity contribution in [2.75, 3.05) is 11.9 Å². The van der Waals surface area contributed by atoms with Crippen LogP contribution in [0.15, 0.2) is 24.3 Å². The molecule has 0 aliphatic carbocycles. The van der Waals surface area contributed by atoms with Gasteiger partial charge < -0.3 is 4.90 Å². The first kappa shape index (κ1) is 11.7. The van der Waals surface area contributed by atoms with Gasteiger partial charge in [-0.05, 0) is 25.1 Å². The molecular formula is C12H16FNO. The summed E-state index contributed by atoms with van der Waals surface area (Å²) in [6, 6.07) is 6.05. The Hall–Kier alpha value is -1.38. The number of halogens is 1. The van der Waals surface area contributed by atoms with E-state index in [0.717, 1.165) is 5.69 Å². The topological polar surface area (TPSA) is 20.3 Å². The Bertz CT molecular complexity index is 351. The second-order valence-corrected chi connectivity index (χ2v) is 3.59. The normalized spacial score (nSPS) is 12.3. The Labute approximate surface area is 89.7 Å². The van der Waals surface area contributed by atoms with Gasteiger partial charge in [0.05, 0.1) is 6.04 Å². The van der Waals surface area contributed by atoms with Crippen molar-refractivity contribution in [3.05, 3.63) is 30.1 Å². The highest BCUT2D eigenvalue weighted by Crippen LogP contribution is 2.17. The molecule has 1 aromatic carbocycles. The van der Waals surface area contributed by atoms with Gasteiger partial charge >= 0.3 is 0 Å². The van der Waals surface area contributed by atoms with Gasteiger partial charge in [-0.25, -0.2) is 4.39 Å². The minimum Gasteiger partial charge on any atom is -0.365 e. The maximum Gasteiger partial charge on any atom is 0.154 e. The van der Waals surface area contributed by atoms with Gasteiger partial charge in [-0.1, -0.05) is 13.0 Å². The molecule has 3 heteroatoms. The summed E-state index contributed by atoms with van der Waals surface area (Å²) in [5.74, 6) is -0.128. The fraction of sp³-hybridized carbons (Fsp3) is 0.417. The Balaban J connectivity index is 2.84. The van der Waals surface area contributed by atoms with Crippen molar-refractivity contribution in [2.24, 2.45) is 0 Å². The van der Waals surface area contributed by atoms with E-state index in [1.807, 2.05) is 13.8 Å². The lowest BCUT2D eigenvalue weighted by Crippen LogP contribution is -2.35. The largest absolute Gasteiger partial charge is 0.365 e. The maximum absolute atomic E-state index is 13.0. The molecule has 0 N–H and O–H groups in total. The number of likely N-dealkylation sites (N-methyl/N-ethyl adjacent to an activating group) is 1. The van der Waals surface area contributed by atoms with Gasteiger partial charge in [-0.2, -0.15) is 0 Å². The van der Waals surface area contributed by atoms with Gasteiger partial charge in [-0.3, -0.25) is 4.79 Å². The zero-order chi connectivity index (χ0) is 11.4. The molecule has 0 aliphatic rings. The molecule has 1 aromatic rings. The number of ketones is 1. The first-order valence-electron chi connectivity index (χ1n) is 5.07. The second kappa shape index (κ2) is 4.91. The molecular weight excluding hydrogens is 193 g/mol. The number of anilines is 1. The third-order valence-electron chi connectivity index (χ3n) is 2.61. The molecule has 1 unspecified atom stereocenters. The number of Topliss-reactive ketones (excluding diaryl/α,β-unsaturated/α-hetero) is 1. The molecule has 0 saturated carbocycles. The highest BCUT2D eigenvalue weighted by atomic mass is 19.1. The van der Waals surface area contributed by atoms with E-state index in [9.17, 15) is 9.18 Å². The molecule has 15 heavy (non-hydrogen) atoms. The molecule has 0 bridgehead atoms. The molecule has 0 heterocycles. The van der Waals surface area contributed by atoms with Crippen LogP contribution in [0.4, 0.5) is 10.1 Å². The number of hydrogen-bond acceptors (Lipinski definition) is 2. The smallest absolute Gasteiger partial charge is 0.154 e. The summed E-state index contributed by atoms with van der Waals surface area (Å²) >= 11 is 0. The van der Waals surface area contributed by atoms with E-state index in [4.69, 9.17) is 0 Å². The second-order valence-electron chi connectivity index (χ2n) is 3.59. The molecule has 2 nitrogen and oxygen atoms in total. The number of carbonyl (C=O) groups is 1. The molecule has 0 fully saturated rings. The van der Waals surface area contributed by atoms with Crippen molar-refractivity contribution in [3.8, 4) is 0 Å². The van der Waals surface area contributed by atoms with Crippen LogP contribution in [0.3, 0.4) is 0 Å². The van der Waals surface area contributed by atoms with Crippen LogP contribution in [-0.4, -0.2) is 18.9 Å². The lowest BCUT2D eigenvalue weighted by molar-refractivity contribution is -0.119. The molecule has 0 aliphatic heterocycles. The van der Waals surface area contributed by atoms with Gasteiger partial charge in [0.25, 0.3) is 0 Å². The van der Waals surface area contributed by atoms with Crippen molar-refractivity contribution in [1.82, 2.24) is 0 Å². The Kier molecular flexibility index (Phi) is 3.83. The lowest BCUT2D eigenvalue weighted by atomic mass is 10.1. The summed E-state index contributed by atoms with van der Waals surface area (Å²) in [5, 5.41) is 0. The highest BCUT2D eigenvalue weighted by molar-refractivity contribution is 5.86. The molecule has 0 spiro atoms. The number of benzene rings is 1. The maximum atomic E-state index is 13.0. The quantitative estimate of drug-likeness (QED) is 0.759. The van der Waals surface area contributed by atoms with Crippen LogP contribution in [0.1, 0.15) is 20.3 Å². The molecule has 0 saturated heterocycles. The van der Waals surface area contributed by atoms with Crippen molar-refractivity contribution in [2.45, 2.75) is 26.3 Å². The molecule has 0 radical (unpaired) electrons. The number of nitrogens with zero attached hydrogens (tertiary/aromatic N) is 1. The molecule has 1 rings (SSSR count). The third kappa shape index (κ3) is 2.78. The minimum absolute atomic E-state index is 0.154. The molecule has 0 amide bonds. The van der Waals surface area contributed by atoms with Gasteiger partial charge in [0.15, 0.2) is 5.78 Å². The predicted octanol–water partition coefficient (Wildman–Crippen LogP) is 2.63. The summed E-state index contributed by atoms with van der Waals surface area (Å²) in [6.07, 6.45) is 0.501. The van der Waals surface area contributed by atoms with E-state index in [2.05, 4.69) is 0 Å². The number of rotatable bonds is 4. The average Bonchev–Trinajstić information content (AvgIpc) is 2.26. The SMILES string of the molecule is CCC(=O)C(C)N(C)c1cccc(F)c1. The lowest BCUT2D eigenvalue weighted by Gasteiger charge is -2.25. The van der Waals surface area contributed by atoms with Crippen LogP contribution >= 0.6 is 0 Å². The monoisotopic (exact) mass is 209 g/mol. The molecule has 1 atom stereocenters. The van der Waals surface area contributed by atoms with Crippen molar-refractivity contribution in [1.29, 1.82) is 0 Å². The standard InChI is InChI=1S/C12H16FNO/c1-4-12(15)9(2)14(3)11-7-5-6-10(13)8-11/h5-9H,4H2,1-3H3. The fourth-order valence-electron chi connectivity index (χ4n) is 1.43. The zero-order valence-corrected chi connectivity index (χ0v) is 9.33. The summed E-state index contributed by atoms with van der Waals surface area (Å²) in [6.45, 7) is 3.66. The molecule has 0 aromatic heterocycles. The van der Waals surface area contributed by atoms with Crippen LogP contribution in [0.2, 0.25) is 0 Å². The van der Waals surface area contributed by atoms with E-state index < -0.39 is 0 Å². The van der Waals surface area contributed by atoms with E-state index in [0.29, 0.717) is 6.42 Å². The van der Waals surface area contributed by atoms with Gasteiger partial charge in [0.2, 0.25) is 0 Å².